The highest BCUT2D eigenvalue weighted by Gasteiger charge is 2.24. The molecule has 1 saturated carbocycles. The zero-order valence-electron chi connectivity index (χ0n) is 12.2. The first-order valence-electron chi connectivity index (χ1n) is 7.26. The number of nitrogen functional groups attached to an aromatic ring is 1. The fourth-order valence-corrected chi connectivity index (χ4v) is 3.56. The van der Waals surface area contributed by atoms with E-state index in [-0.39, 0.29) is 11.8 Å². The molecule has 0 aliphatic heterocycles. The van der Waals surface area contributed by atoms with Gasteiger partial charge in [-0.05, 0) is 37.2 Å². The molecule has 112 valence electrons. The fourth-order valence-electron chi connectivity index (χ4n) is 2.79. The maximum absolute atomic E-state index is 12.0. The van der Waals surface area contributed by atoms with Crippen LogP contribution >= 0.6 is 11.5 Å². The number of hydrogen-bond donors (Lipinski definition) is 1. The van der Waals surface area contributed by atoms with E-state index in [1.807, 2.05) is 7.05 Å². The molecule has 0 aromatic carbocycles. The Morgan fingerprint density at radius 1 is 1.45 bits per heavy atom. The summed E-state index contributed by atoms with van der Waals surface area (Å²) in [4.78, 5) is 14.1. The lowest BCUT2D eigenvalue weighted by atomic mass is 9.89. The predicted molar refractivity (Wildman–Crippen MR) is 82.3 cm³/mol. The average Bonchev–Trinajstić information content (AvgIpc) is 2.82. The molecule has 1 fully saturated rings. The van der Waals surface area contributed by atoms with Crippen LogP contribution in [0.15, 0.2) is 0 Å². The maximum atomic E-state index is 12.0. The van der Waals surface area contributed by atoms with Crippen molar-refractivity contribution in [2.75, 3.05) is 30.8 Å². The van der Waals surface area contributed by atoms with Gasteiger partial charge in [-0.2, -0.15) is 4.37 Å². The summed E-state index contributed by atoms with van der Waals surface area (Å²) in [5.41, 5.74) is 6.24. The van der Waals surface area contributed by atoms with Gasteiger partial charge in [-0.3, -0.25) is 0 Å². The molecule has 5 nitrogen and oxygen atoms in total. The van der Waals surface area contributed by atoms with Gasteiger partial charge >= 0.3 is 5.97 Å². The third kappa shape index (κ3) is 3.42. The molecule has 1 aromatic rings. The summed E-state index contributed by atoms with van der Waals surface area (Å²) in [6, 6.07) is 0. The lowest BCUT2D eigenvalue weighted by molar-refractivity contribution is 0.0528. The Morgan fingerprint density at radius 2 is 2.15 bits per heavy atom. The second-order valence-corrected chi connectivity index (χ2v) is 6.10. The Bertz CT molecular complexity index is 455. The third-order valence-electron chi connectivity index (χ3n) is 3.78. The minimum atomic E-state index is -0.371. The van der Waals surface area contributed by atoms with Gasteiger partial charge in [-0.15, -0.1) is 0 Å². The van der Waals surface area contributed by atoms with Crippen LogP contribution in [0.25, 0.3) is 0 Å². The average molecular weight is 297 g/mol. The molecule has 0 saturated heterocycles. The van der Waals surface area contributed by atoms with Crippen molar-refractivity contribution >= 4 is 28.3 Å². The quantitative estimate of drug-likeness (QED) is 0.846. The lowest BCUT2D eigenvalue weighted by Crippen LogP contribution is -2.27. The molecule has 2 N–H and O–H groups in total. The Hall–Kier alpha value is -1.30. The highest BCUT2D eigenvalue weighted by atomic mass is 32.1. The number of nitrogens with two attached hydrogens (primary N) is 1. The Labute approximate surface area is 124 Å². The summed E-state index contributed by atoms with van der Waals surface area (Å²) in [5.74, 6) is 0.607. The highest BCUT2D eigenvalue weighted by Crippen LogP contribution is 2.33. The van der Waals surface area contributed by atoms with Crippen LogP contribution < -0.4 is 10.6 Å². The van der Waals surface area contributed by atoms with E-state index in [1.165, 1.54) is 43.6 Å². The lowest BCUT2D eigenvalue weighted by Gasteiger charge is -2.27. The van der Waals surface area contributed by atoms with E-state index in [2.05, 4.69) is 9.27 Å². The molecule has 0 bridgehead atoms. The van der Waals surface area contributed by atoms with Crippen LogP contribution in [-0.2, 0) is 4.74 Å². The topological polar surface area (TPSA) is 68.5 Å². The first kappa shape index (κ1) is 15.1. The summed E-state index contributed by atoms with van der Waals surface area (Å²) >= 11 is 1.28. The Kier molecular flexibility index (Phi) is 5.23. The Morgan fingerprint density at radius 3 is 2.80 bits per heavy atom. The van der Waals surface area contributed by atoms with Gasteiger partial charge in [0.2, 0.25) is 0 Å². The molecule has 1 aromatic heterocycles. The van der Waals surface area contributed by atoms with Crippen LogP contribution in [0, 0.1) is 5.92 Å². The molecule has 0 spiro atoms. The summed E-state index contributed by atoms with van der Waals surface area (Å²) in [6.07, 6.45) is 6.52. The number of carbonyl (C=O) groups excluding carboxylic acids is 1. The van der Waals surface area contributed by atoms with Gasteiger partial charge < -0.3 is 15.4 Å². The van der Waals surface area contributed by atoms with E-state index in [0.717, 1.165) is 11.5 Å². The molecule has 6 heteroatoms. The van der Waals surface area contributed by atoms with Gasteiger partial charge in [0.15, 0.2) is 5.82 Å². The SMILES string of the molecule is CCOC(=O)c1c(N)nsc1N(C)CC1CCCCC1. The molecular weight excluding hydrogens is 274 g/mol. The molecule has 1 aliphatic rings. The number of aromatic nitrogens is 1. The van der Waals surface area contributed by atoms with E-state index < -0.39 is 0 Å². The zero-order chi connectivity index (χ0) is 14.5. The van der Waals surface area contributed by atoms with Crippen molar-refractivity contribution in [2.24, 2.45) is 5.92 Å². The summed E-state index contributed by atoms with van der Waals surface area (Å²) in [5, 5.41) is 0.825. The van der Waals surface area contributed by atoms with Gasteiger partial charge in [-0.25, -0.2) is 4.79 Å². The molecule has 0 amide bonds. The number of anilines is 2. The van der Waals surface area contributed by atoms with Crippen molar-refractivity contribution in [3.05, 3.63) is 5.56 Å². The van der Waals surface area contributed by atoms with E-state index in [9.17, 15) is 4.79 Å². The van der Waals surface area contributed by atoms with Crippen molar-refractivity contribution in [3.8, 4) is 0 Å². The van der Waals surface area contributed by atoms with Crippen LogP contribution in [0.1, 0.15) is 49.4 Å². The Balaban J connectivity index is 2.08. The van der Waals surface area contributed by atoms with Gasteiger partial charge in [0, 0.05) is 13.6 Å². The molecular formula is C14H23N3O2S. The second kappa shape index (κ2) is 6.92. The largest absolute Gasteiger partial charge is 0.462 e. The van der Waals surface area contributed by atoms with E-state index >= 15 is 0 Å². The van der Waals surface area contributed by atoms with Crippen molar-refractivity contribution in [1.29, 1.82) is 0 Å². The first-order chi connectivity index (χ1) is 9.63. The molecule has 1 heterocycles. The maximum Gasteiger partial charge on any atom is 0.345 e. The van der Waals surface area contributed by atoms with Crippen LogP contribution in [0.3, 0.4) is 0 Å². The number of rotatable bonds is 5. The fraction of sp³-hybridized carbons (Fsp3) is 0.714. The first-order valence-corrected chi connectivity index (χ1v) is 8.04. The standard InChI is InChI=1S/C14H23N3O2S/c1-3-19-14(18)11-12(15)16-20-13(11)17(2)9-10-7-5-4-6-8-10/h10H,3-9H2,1-2H3,(H2,15,16). The van der Waals surface area contributed by atoms with Crippen LogP contribution in [-0.4, -0.2) is 30.5 Å². The summed E-state index contributed by atoms with van der Waals surface area (Å²) < 4.78 is 9.18. The highest BCUT2D eigenvalue weighted by molar-refractivity contribution is 7.11. The van der Waals surface area contributed by atoms with E-state index in [0.29, 0.717) is 18.1 Å². The minimum Gasteiger partial charge on any atom is -0.462 e. The monoisotopic (exact) mass is 297 g/mol. The minimum absolute atomic E-state index is 0.277. The van der Waals surface area contributed by atoms with Crippen molar-refractivity contribution < 1.29 is 9.53 Å². The number of carbonyl (C=O) groups is 1. The van der Waals surface area contributed by atoms with E-state index in [4.69, 9.17) is 10.5 Å². The van der Waals surface area contributed by atoms with Crippen LogP contribution in [0.4, 0.5) is 10.8 Å². The molecule has 1 aliphatic carbocycles. The zero-order valence-corrected chi connectivity index (χ0v) is 13.0. The molecule has 20 heavy (non-hydrogen) atoms. The number of nitrogens with zero attached hydrogens (tertiary/aromatic N) is 2. The molecule has 0 unspecified atom stereocenters. The number of ether oxygens (including phenoxy) is 1. The third-order valence-corrected chi connectivity index (χ3v) is 4.76. The predicted octanol–water partition coefficient (Wildman–Crippen LogP) is 2.92. The van der Waals surface area contributed by atoms with E-state index in [1.54, 1.807) is 6.92 Å². The van der Waals surface area contributed by atoms with Crippen molar-refractivity contribution in [3.63, 3.8) is 0 Å². The molecule has 0 atom stereocenters. The normalized spacial score (nSPS) is 16.1. The van der Waals surface area contributed by atoms with Gasteiger partial charge in [0.05, 0.1) is 6.61 Å². The second-order valence-electron chi connectivity index (χ2n) is 5.35. The van der Waals surface area contributed by atoms with Gasteiger partial charge in [-0.1, -0.05) is 19.3 Å². The van der Waals surface area contributed by atoms with Crippen molar-refractivity contribution in [1.82, 2.24) is 4.37 Å². The van der Waals surface area contributed by atoms with Crippen molar-refractivity contribution in [2.45, 2.75) is 39.0 Å². The van der Waals surface area contributed by atoms with Gasteiger partial charge in [0.1, 0.15) is 10.6 Å². The smallest absolute Gasteiger partial charge is 0.345 e. The summed E-state index contributed by atoms with van der Waals surface area (Å²) in [6.45, 7) is 3.09. The molecule has 0 radical (unpaired) electrons. The van der Waals surface area contributed by atoms with Crippen LogP contribution in [0.5, 0.6) is 0 Å². The van der Waals surface area contributed by atoms with Gasteiger partial charge in [0.25, 0.3) is 0 Å². The number of esters is 1. The number of hydrogen-bond acceptors (Lipinski definition) is 6. The summed E-state index contributed by atoms with van der Waals surface area (Å²) in [7, 11) is 2.00. The van der Waals surface area contributed by atoms with Crippen LogP contribution in [0.2, 0.25) is 0 Å². The molecule has 2 rings (SSSR count).